The van der Waals surface area contributed by atoms with Crippen molar-refractivity contribution in [2.45, 2.75) is 38.4 Å². The predicted molar refractivity (Wildman–Crippen MR) is 58.0 cm³/mol. The summed E-state index contributed by atoms with van der Waals surface area (Å²) in [6, 6.07) is 5.57. The molecule has 1 nitrogen and oxygen atoms in total. The lowest BCUT2D eigenvalue weighted by Crippen LogP contribution is -2.14. The zero-order chi connectivity index (χ0) is 12.2. The molecule has 90 valence electrons. The standard InChI is InChI=1S/C12H16F3N/c1-9(16)4-2-5-10-6-3-7-11(8-10)12(13,14)15/h3,6-9H,2,4-5,16H2,1H3. The van der Waals surface area contributed by atoms with E-state index in [9.17, 15) is 13.2 Å². The molecule has 4 heteroatoms. The molecule has 0 radical (unpaired) electrons. The molecule has 0 fully saturated rings. The van der Waals surface area contributed by atoms with Gasteiger partial charge in [-0.3, -0.25) is 0 Å². The van der Waals surface area contributed by atoms with Crippen LogP contribution in [0.15, 0.2) is 24.3 Å². The van der Waals surface area contributed by atoms with Gasteiger partial charge >= 0.3 is 6.18 Å². The Labute approximate surface area is 93.5 Å². The summed E-state index contributed by atoms with van der Waals surface area (Å²) in [6.45, 7) is 1.89. The largest absolute Gasteiger partial charge is 0.416 e. The lowest BCUT2D eigenvalue weighted by atomic mass is 10.0. The number of nitrogens with two attached hydrogens (primary N) is 1. The van der Waals surface area contributed by atoms with E-state index in [1.54, 1.807) is 6.07 Å². The Morgan fingerprint density at radius 2 is 2.00 bits per heavy atom. The summed E-state index contributed by atoms with van der Waals surface area (Å²) in [6.07, 6.45) is -1.96. The molecule has 0 aliphatic rings. The molecule has 0 saturated carbocycles. The minimum Gasteiger partial charge on any atom is -0.328 e. The third kappa shape index (κ3) is 4.23. The number of benzene rings is 1. The van der Waals surface area contributed by atoms with Crippen molar-refractivity contribution in [3.05, 3.63) is 35.4 Å². The van der Waals surface area contributed by atoms with Gasteiger partial charge in [-0.15, -0.1) is 0 Å². The van der Waals surface area contributed by atoms with Crippen molar-refractivity contribution < 1.29 is 13.2 Å². The zero-order valence-corrected chi connectivity index (χ0v) is 9.22. The molecule has 16 heavy (non-hydrogen) atoms. The van der Waals surface area contributed by atoms with E-state index in [1.165, 1.54) is 12.1 Å². The number of rotatable bonds is 4. The van der Waals surface area contributed by atoms with Gasteiger partial charge in [-0.2, -0.15) is 13.2 Å². The van der Waals surface area contributed by atoms with Crippen LogP contribution in [0.5, 0.6) is 0 Å². The van der Waals surface area contributed by atoms with Crippen LogP contribution >= 0.6 is 0 Å². The molecule has 2 N–H and O–H groups in total. The van der Waals surface area contributed by atoms with Gasteiger partial charge in [0.05, 0.1) is 5.56 Å². The van der Waals surface area contributed by atoms with Gasteiger partial charge in [-0.05, 0) is 37.8 Å². The molecule has 0 aromatic heterocycles. The summed E-state index contributed by atoms with van der Waals surface area (Å²) in [4.78, 5) is 0. The first-order valence-electron chi connectivity index (χ1n) is 5.31. The maximum absolute atomic E-state index is 12.4. The Balaban J connectivity index is 2.61. The molecule has 1 rings (SSSR count). The van der Waals surface area contributed by atoms with Crippen LogP contribution in [0.25, 0.3) is 0 Å². The summed E-state index contributed by atoms with van der Waals surface area (Å²) >= 11 is 0. The first kappa shape index (κ1) is 13.0. The second kappa shape index (κ2) is 5.34. The Kier molecular flexibility index (Phi) is 4.35. The Hall–Kier alpha value is -1.03. The van der Waals surface area contributed by atoms with Gasteiger partial charge < -0.3 is 5.73 Å². The van der Waals surface area contributed by atoms with Crippen LogP contribution < -0.4 is 5.73 Å². The van der Waals surface area contributed by atoms with E-state index >= 15 is 0 Å². The van der Waals surface area contributed by atoms with E-state index in [0.29, 0.717) is 6.42 Å². The molecular formula is C12H16F3N. The Morgan fingerprint density at radius 1 is 1.31 bits per heavy atom. The molecule has 1 atom stereocenters. The molecule has 1 unspecified atom stereocenters. The molecule has 0 saturated heterocycles. The van der Waals surface area contributed by atoms with Gasteiger partial charge in [0, 0.05) is 6.04 Å². The highest BCUT2D eigenvalue weighted by atomic mass is 19.4. The number of hydrogen-bond acceptors (Lipinski definition) is 1. The van der Waals surface area contributed by atoms with Crippen molar-refractivity contribution in [3.8, 4) is 0 Å². The number of halogens is 3. The minimum absolute atomic E-state index is 0.103. The fourth-order valence-electron chi connectivity index (χ4n) is 1.53. The first-order valence-corrected chi connectivity index (χ1v) is 5.31. The molecule has 0 heterocycles. The van der Waals surface area contributed by atoms with Gasteiger partial charge in [-0.25, -0.2) is 0 Å². The quantitative estimate of drug-likeness (QED) is 0.844. The van der Waals surface area contributed by atoms with E-state index in [0.717, 1.165) is 24.5 Å². The van der Waals surface area contributed by atoms with Crippen LogP contribution in [0.2, 0.25) is 0 Å². The molecule has 0 bridgehead atoms. The molecule has 0 amide bonds. The smallest absolute Gasteiger partial charge is 0.328 e. The highest BCUT2D eigenvalue weighted by Gasteiger charge is 2.30. The maximum atomic E-state index is 12.4. The lowest BCUT2D eigenvalue weighted by Gasteiger charge is -2.09. The third-order valence-corrected chi connectivity index (χ3v) is 2.38. The zero-order valence-electron chi connectivity index (χ0n) is 9.22. The third-order valence-electron chi connectivity index (χ3n) is 2.38. The van der Waals surface area contributed by atoms with Gasteiger partial charge in [-0.1, -0.05) is 18.2 Å². The Morgan fingerprint density at radius 3 is 2.56 bits per heavy atom. The number of aryl methyl sites for hydroxylation is 1. The topological polar surface area (TPSA) is 26.0 Å². The SMILES string of the molecule is CC(N)CCCc1cccc(C(F)(F)F)c1. The molecular weight excluding hydrogens is 215 g/mol. The number of alkyl halides is 3. The van der Waals surface area contributed by atoms with E-state index in [-0.39, 0.29) is 6.04 Å². The molecule has 0 aliphatic carbocycles. The van der Waals surface area contributed by atoms with Gasteiger partial charge in [0.15, 0.2) is 0 Å². The van der Waals surface area contributed by atoms with Crippen LogP contribution in [0.3, 0.4) is 0 Å². The fourth-order valence-corrected chi connectivity index (χ4v) is 1.53. The lowest BCUT2D eigenvalue weighted by molar-refractivity contribution is -0.137. The van der Waals surface area contributed by atoms with Crippen molar-refractivity contribution >= 4 is 0 Å². The van der Waals surface area contributed by atoms with E-state index in [1.807, 2.05) is 6.92 Å². The van der Waals surface area contributed by atoms with Gasteiger partial charge in [0.1, 0.15) is 0 Å². The summed E-state index contributed by atoms with van der Waals surface area (Å²) in [5, 5.41) is 0. The van der Waals surface area contributed by atoms with Gasteiger partial charge in [0.2, 0.25) is 0 Å². The minimum atomic E-state index is -4.25. The molecule has 0 spiro atoms. The first-order chi connectivity index (χ1) is 7.39. The van der Waals surface area contributed by atoms with Crippen molar-refractivity contribution in [2.75, 3.05) is 0 Å². The second-order valence-electron chi connectivity index (χ2n) is 4.07. The van der Waals surface area contributed by atoms with Crippen molar-refractivity contribution in [2.24, 2.45) is 5.73 Å². The highest BCUT2D eigenvalue weighted by Crippen LogP contribution is 2.29. The normalized spacial score (nSPS) is 13.8. The highest BCUT2D eigenvalue weighted by molar-refractivity contribution is 5.25. The van der Waals surface area contributed by atoms with E-state index in [2.05, 4.69) is 0 Å². The maximum Gasteiger partial charge on any atom is 0.416 e. The second-order valence-corrected chi connectivity index (χ2v) is 4.07. The average Bonchev–Trinajstić information content (AvgIpc) is 2.16. The molecule has 1 aromatic rings. The summed E-state index contributed by atoms with van der Waals surface area (Å²) in [7, 11) is 0. The Bertz CT molecular complexity index is 331. The van der Waals surface area contributed by atoms with E-state index < -0.39 is 11.7 Å². The van der Waals surface area contributed by atoms with Crippen LogP contribution in [-0.4, -0.2) is 6.04 Å². The predicted octanol–water partition coefficient (Wildman–Crippen LogP) is 3.38. The number of hydrogen-bond donors (Lipinski definition) is 1. The van der Waals surface area contributed by atoms with Crippen LogP contribution in [-0.2, 0) is 12.6 Å². The summed E-state index contributed by atoms with van der Waals surface area (Å²) in [5.41, 5.74) is 5.72. The van der Waals surface area contributed by atoms with Crippen molar-refractivity contribution in [1.29, 1.82) is 0 Å². The van der Waals surface area contributed by atoms with E-state index in [4.69, 9.17) is 5.73 Å². The fraction of sp³-hybridized carbons (Fsp3) is 0.500. The monoisotopic (exact) mass is 231 g/mol. The molecule has 1 aromatic carbocycles. The van der Waals surface area contributed by atoms with Crippen LogP contribution in [0.4, 0.5) is 13.2 Å². The van der Waals surface area contributed by atoms with Gasteiger partial charge in [0.25, 0.3) is 0 Å². The summed E-state index contributed by atoms with van der Waals surface area (Å²) in [5.74, 6) is 0. The van der Waals surface area contributed by atoms with Crippen LogP contribution in [0.1, 0.15) is 30.9 Å². The molecule has 0 aliphatic heterocycles. The average molecular weight is 231 g/mol. The van der Waals surface area contributed by atoms with Crippen LogP contribution in [0, 0.1) is 0 Å². The summed E-state index contributed by atoms with van der Waals surface area (Å²) < 4.78 is 37.2. The van der Waals surface area contributed by atoms with Crippen molar-refractivity contribution in [1.82, 2.24) is 0 Å². The van der Waals surface area contributed by atoms with Crippen molar-refractivity contribution in [3.63, 3.8) is 0 Å².